The summed E-state index contributed by atoms with van der Waals surface area (Å²) in [7, 11) is 1.67. The average molecular weight is 426 g/mol. The molecule has 0 saturated carbocycles. The van der Waals surface area contributed by atoms with Gasteiger partial charge in [-0.3, -0.25) is 9.69 Å². The van der Waals surface area contributed by atoms with Crippen molar-refractivity contribution in [3.63, 3.8) is 0 Å². The van der Waals surface area contributed by atoms with Crippen molar-refractivity contribution in [1.82, 2.24) is 14.8 Å². The standard InChI is InChI=1S/C22H23N3O2S2/c1-27-18-6-4-17(5-7-18)20-16-29-21(23-20)15-24-10-12-25(13-11-24)22(26)9-8-19-3-2-14-28-19/h2-9,14,16H,10-13,15H2,1H3. The molecule has 1 aliphatic rings. The van der Waals surface area contributed by atoms with Gasteiger partial charge in [-0.25, -0.2) is 4.98 Å². The number of piperazine rings is 1. The maximum atomic E-state index is 12.4. The van der Waals surface area contributed by atoms with Gasteiger partial charge < -0.3 is 9.64 Å². The molecule has 1 amide bonds. The smallest absolute Gasteiger partial charge is 0.246 e. The zero-order valence-corrected chi connectivity index (χ0v) is 17.9. The SMILES string of the molecule is COc1ccc(-c2csc(CN3CCN(C(=O)C=Cc4cccs4)CC3)n2)cc1. The van der Waals surface area contributed by atoms with Crippen LogP contribution in [0.15, 0.2) is 53.2 Å². The molecule has 1 aromatic carbocycles. The number of hydrogen-bond donors (Lipinski definition) is 0. The number of nitrogens with zero attached hydrogens (tertiary/aromatic N) is 3. The van der Waals surface area contributed by atoms with E-state index in [1.807, 2.05) is 52.8 Å². The fraction of sp³-hybridized carbons (Fsp3) is 0.273. The molecule has 1 aliphatic heterocycles. The van der Waals surface area contributed by atoms with Crippen LogP contribution in [0.2, 0.25) is 0 Å². The van der Waals surface area contributed by atoms with E-state index in [2.05, 4.69) is 10.3 Å². The summed E-state index contributed by atoms with van der Waals surface area (Å²) in [6.07, 6.45) is 3.58. The van der Waals surface area contributed by atoms with Crippen molar-refractivity contribution >= 4 is 34.7 Å². The zero-order chi connectivity index (χ0) is 20.1. The van der Waals surface area contributed by atoms with Crippen molar-refractivity contribution in [2.24, 2.45) is 0 Å². The Morgan fingerprint density at radius 3 is 2.62 bits per heavy atom. The average Bonchev–Trinajstić information content (AvgIpc) is 3.45. The Kier molecular flexibility index (Phi) is 6.39. The molecule has 0 N–H and O–H groups in total. The predicted octanol–water partition coefficient (Wildman–Crippen LogP) is 4.24. The summed E-state index contributed by atoms with van der Waals surface area (Å²) in [5.41, 5.74) is 2.10. The third-order valence-electron chi connectivity index (χ3n) is 4.91. The highest BCUT2D eigenvalue weighted by Gasteiger charge is 2.20. The summed E-state index contributed by atoms with van der Waals surface area (Å²) in [6, 6.07) is 12.0. The lowest BCUT2D eigenvalue weighted by Gasteiger charge is -2.33. The van der Waals surface area contributed by atoms with E-state index in [0.29, 0.717) is 0 Å². The maximum absolute atomic E-state index is 12.4. The summed E-state index contributed by atoms with van der Waals surface area (Å²) in [6.45, 7) is 4.08. The minimum absolute atomic E-state index is 0.0918. The quantitative estimate of drug-likeness (QED) is 0.554. The molecule has 1 fully saturated rings. The van der Waals surface area contributed by atoms with Crippen LogP contribution in [0.25, 0.3) is 17.3 Å². The minimum Gasteiger partial charge on any atom is -0.497 e. The number of rotatable bonds is 6. The number of carbonyl (C=O) groups is 1. The second-order valence-electron chi connectivity index (χ2n) is 6.81. The Hall–Kier alpha value is -2.48. The Morgan fingerprint density at radius 1 is 1.14 bits per heavy atom. The molecule has 2 aromatic heterocycles. The van der Waals surface area contributed by atoms with Crippen LogP contribution < -0.4 is 4.74 Å². The number of hydrogen-bond acceptors (Lipinski definition) is 6. The predicted molar refractivity (Wildman–Crippen MR) is 119 cm³/mol. The molecule has 1 saturated heterocycles. The first-order valence-electron chi connectivity index (χ1n) is 9.53. The highest BCUT2D eigenvalue weighted by Crippen LogP contribution is 2.25. The second kappa shape index (κ2) is 9.35. The Balaban J connectivity index is 1.28. The van der Waals surface area contributed by atoms with Crippen LogP contribution in [0, 0.1) is 0 Å². The molecule has 5 nitrogen and oxygen atoms in total. The lowest BCUT2D eigenvalue weighted by Crippen LogP contribution is -2.47. The van der Waals surface area contributed by atoms with Crippen LogP contribution in [-0.2, 0) is 11.3 Å². The number of thiophene rings is 1. The van der Waals surface area contributed by atoms with Gasteiger partial charge in [0.05, 0.1) is 19.3 Å². The van der Waals surface area contributed by atoms with Gasteiger partial charge in [0.1, 0.15) is 10.8 Å². The maximum Gasteiger partial charge on any atom is 0.246 e. The van der Waals surface area contributed by atoms with Crippen molar-refractivity contribution in [2.75, 3.05) is 33.3 Å². The molecule has 0 unspecified atom stereocenters. The lowest BCUT2D eigenvalue weighted by molar-refractivity contribution is -0.127. The Morgan fingerprint density at radius 2 is 1.93 bits per heavy atom. The fourth-order valence-electron chi connectivity index (χ4n) is 3.24. The van der Waals surface area contributed by atoms with Crippen LogP contribution >= 0.6 is 22.7 Å². The number of benzene rings is 1. The van der Waals surface area contributed by atoms with Crippen molar-refractivity contribution in [3.05, 3.63) is 63.1 Å². The summed E-state index contributed by atoms with van der Waals surface area (Å²) in [5.74, 6) is 0.941. The van der Waals surface area contributed by atoms with E-state index >= 15 is 0 Å². The zero-order valence-electron chi connectivity index (χ0n) is 16.3. The van der Waals surface area contributed by atoms with E-state index in [0.717, 1.165) is 59.6 Å². The molecular weight excluding hydrogens is 402 g/mol. The summed E-state index contributed by atoms with van der Waals surface area (Å²) in [5, 5.41) is 5.22. The van der Waals surface area contributed by atoms with Gasteiger partial charge in [-0.15, -0.1) is 22.7 Å². The number of carbonyl (C=O) groups excluding carboxylic acids is 1. The van der Waals surface area contributed by atoms with Crippen LogP contribution in [0.1, 0.15) is 9.88 Å². The number of aromatic nitrogens is 1. The van der Waals surface area contributed by atoms with Gasteiger partial charge >= 0.3 is 0 Å². The highest BCUT2D eigenvalue weighted by molar-refractivity contribution is 7.10. The summed E-state index contributed by atoms with van der Waals surface area (Å²) < 4.78 is 5.21. The topological polar surface area (TPSA) is 45.7 Å². The van der Waals surface area contributed by atoms with E-state index in [1.54, 1.807) is 35.9 Å². The van der Waals surface area contributed by atoms with Crippen LogP contribution in [-0.4, -0.2) is 54.0 Å². The highest BCUT2D eigenvalue weighted by atomic mass is 32.1. The van der Waals surface area contributed by atoms with Gasteiger partial charge in [0.2, 0.25) is 5.91 Å². The number of ether oxygens (including phenoxy) is 1. The van der Waals surface area contributed by atoms with E-state index in [-0.39, 0.29) is 5.91 Å². The first-order valence-corrected chi connectivity index (χ1v) is 11.3. The van der Waals surface area contributed by atoms with E-state index < -0.39 is 0 Å². The van der Waals surface area contributed by atoms with Gasteiger partial charge in [0.25, 0.3) is 0 Å². The molecule has 29 heavy (non-hydrogen) atoms. The van der Waals surface area contributed by atoms with Gasteiger partial charge in [-0.1, -0.05) is 6.07 Å². The molecule has 0 bridgehead atoms. The van der Waals surface area contributed by atoms with Crippen LogP contribution in [0.4, 0.5) is 0 Å². The third kappa shape index (κ3) is 5.12. The van der Waals surface area contributed by atoms with Crippen molar-refractivity contribution in [2.45, 2.75) is 6.54 Å². The molecule has 3 aromatic rings. The third-order valence-corrected chi connectivity index (χ3v) is 6.58. The van der Waals surface area contributed by atoms with Crippen molar-refractivity contribution < 1.29 is 9.53 Å². The van der Waals surface area contributed by atoms with Gasteiger partial charge in [-0.05, 0) is 41.8 Å². The van der Waals surface area contributed by atoms with Gasteiger partial charge in [-0.2, -0.15) is 0 Å². The second-order valence-corrected chi connectivity index (χ2v) is 8.73. The molecule has 7 heteroatoms. The van der Waals surface area contributed by atoms with Crippen LogP contribution in [0.5, 0.6) is 5.75 Å². The van der Waals surface area contributed by atoms with Crippen molar-refractivity contribution in [3.8, 4) is 17.0 Å². The molecule has 150 valence electrons. The lowest BCUT2D eigenvalue weighted by atomic mass is 10.2. The molecular formula is C22H23N3O2S2. The number of methoxy groups -OCH3 is 1. The molecule has 0 aliphatic carbocycles. The molecule has 3 heterocycles. The first-order chi connectivity index (χ1) is 14.2. The van der Waals surface area contributed by atoms with E-state index in [4.69, 9.17) is 9.72 Å². The van der Waals surface area contributed by atoms with E-state index in [9.17, 15) is 4.79 Å². The van der Waals surface area contributed by atoms with Gasteiger partial charge in [0, 0.05) is 48.1 Å². The monoisotopic (exact) mass is 425 g/mol. The van der Waals surface area contributed by atoms with E-state index in [1.165, 1.54) is 0 Å². The molecule has 0 spiro atoms. The molecule has 4 rings (SSSR count). The number of thiazole rings is 1. The largest absolute Gasteiger partial charge is 0.497 e. The molecule has 0 radical (unpaired) electrons. The van der Waals surface area contributed by atoms with Gasteiger partial charge in [0.15, 0.2) is 0 Å². The number of amides is 1. The van der Waals surface area contributed by atoms with Crippen molar-refractivity contribution in [1.29, 1.82) is 0 Å². The normalized spacial score (nSPS) is 15.1. The minimum atomic E-state index is 0.0918. The Bertz CT molecular complexity index is 956. The Labute approximate surface area is 178 Å². The fourth-order valence-corrected chi connectivity index (χ4v) is 4.70. The molecule has 0 atom stereocenters. The summed E-state index contributed by atoms with van der Waals surface area (Å²) >= 11 is 3.32. The first kappa shape index (κ1) is 19.8. The summed E-state index contributed by atoms with van der Waals surface area (Å²) in [4.78, 5) is 22.5. The van der Waals surface area contributed by atoms with Crippen LogP contribution in [0.3, 0.4) is 0 Å².